The average Bonchev–Trinajstić information content (AvgIpc) is 2.45. The zero-order valence-corrected chi connectivity index (χ0v) is 14.0. The average molecular weight is 293 g/mol. The van der Waals surface area contributed by atoms with Crippen molar-refractivity contribution in [3.8, 4) is 11.5 Å². The molecule has 0 saturated heterocycles. The van der Waals surface area contributed by atoms with E-state index in [2.05, 4.69) is 20.8 Å². The van der Waals surface area contributed by atoms with E-state index >= 15 is 0 Å². The van der Waals surface area contributed by atoms with Gasteiger partial charge in [0.2, 0.25) is 0 Å². The Balaban J connectivity index is 2.91. The molecule has 0 aliphatic heterocycles. The lowest BCUT2D eigenvalue weighted by Crippen LogP contribution is -2.34. The van der Waals surface area contributed by atoms with Crippen LogP contribution in [0, 0.1) is 0 Å². The van der Waals surface area contributed by atoms with Gasteiger partial charge < -0.3 is 14.4 Å². The predicted molar refractivity (Wildman–Crippen MR) is 85.1 cm³/mol. The summed E-state index contributed by atoms with van der Waals surface area (Å²) in [7, 11) is 1.65. The highest BCUT2D eigenvalue weighted by Gasteiger charge is 2.21. The third-order valence-corrected chi connectivity index (χ3v) is 3.46. The number of carbonyl (C=O) groups excluding carboxylic acids is 1. The number of ether oxygens (including phenoxy) is 2. The Labute approximate surface area is 128 Å². The van der Waals surface area contributed by atoms with Crippen molar-refractivity contribution in [2.24, 2.45) is 0 Å². The van der Waals surface area contributed by atoms with Crippen LogP contribution >= 0.6 is 0 Å². The fourth-order valence-corrected chi connectivity index (χ4v) is 2.16. The van der Waals surface area contributed by atoms with Crippen LogP contribution in [0.2, 0.25) is 0 Å². The maximum absolute atomic E-state index is 12.0. The molecule has 0 fully saturated rings. The Bertz CT molecular complexity index is 473. The smallest absolute Gasteiger partial charge is 0.260 e. The molecule has 0 bridgehead atoms. The summed E-state index contributed by atoms with van der Waals surface area (Å²) in [4.78, 5) is 13.8. The third-order valence-electron chi connectivity index (χ3n) is 3.46. The summed E-state index contributed by atoms with van der Waals surface area (Å²) < 4.78 is 11.0. The second-order valence-corrected chi connectivity index (χ2v) is 5.97. The first kappa shape index (κ1) is 17.3. The van der Waals surface area contributed by atoms with Gasteiger partial charge in [-0.25, -0.2) is 0 Å². The number of likely N-dealkylation sites (N-methyl/N-ethyl adjacent to an activating group) is 1. The second-order valence-electron chi connectivity index (χ2n) is 5.97. The number of benzene rings is 1. The van der Waals surface area contributed by atoms with Crippen LogP contribution in [0.1, 0.15) is 40.2 Å². The zero-order chi connectivity index (χ0) is 16.0. The van der Waals surface area contributed by atoms with Crippen molar-refractivity contribution >= 4 is 5.91 Å². The van der Waals surface area contributed by atoms with Crippen LogP contribution in [-0.2, 0) is 10.2 Å². The first-order valence-electron chi connectivity index (χ1n) is 7.42. The summed E-state index contributed by atoms with van der Waals surface area (Å²) in [5.74, 6) is 1.54. The molecule has 0 N–H and O–H groups in total. The molecule has 1 rings (SSSR count). The van der Waals surface area contributed by atoms with Crippen LogP contribution in [0.5, 0.6) is 11.5 Å². The molecule has 1 aromatic rings. The Morgan fingerprint density at radius 1 is 1.19 bits per heavy atom. The van der Waals surface area contributed by atoms with Gasteiger partial charge in [-0.15, -0.1) is 0 Å². The molecule has 0 aliphatic carbocycles. The summed E-state index contributed by atoms with van der Waals surface area (Å²) >= 11 is 0. The highest BCUT2D eigenvalue weighted by atomic mass is 16.5. The summed E-state index contributed by atoms with van der Waals surface area (Å²) in [5, 5.41) is 0. The number of rotatable bonds is 6. The van der Waals surface area contributed by atoms with Crippen LogP contribution in [0.4, 0.5) is 0 Å². The Morgan fingerprint density at radius 3 is 2.29 bits per heavy atom. The molecule has 0 heterocycles. The lowest BCUT2D eigenvalue weighted by atomic mass is 9.86. The molecule has 0 atom stereocenters. The summed E-state index contributed by atoms with van der Waals surface area (Å²) in [6.07, 6.45) is 0. The number of hydrogen-bond donors (Lipinski definition) is 0. The van der Waals surface area contributed by atoms with E-state index in [1.54, 1.807) is 12.0 Å². The molecule has 0 saturated carbocycles. The molecule has 4 heteroatoms. The van der Waals surface area contributed by atoms with E-state index in [4.69, 9.17) is 9.47 Å². The number of hydrogen-bond acceptors (Lipinski definition) is 3. The molecule has 0 unspecified atom stereocenters. The van der Waals surface area contributed by atoms with Crippen molar-refractivity contribution in [1.29, 1.82) is 0 Å². The molecular weight excluding hydrogens is 266 g/mol. The van der Waals surface area contributed by atoms with E-state index in [0.29, 0.717) is 13.1 Å². The molecule has 1 amide bonds. The molecule has 0 spiro atoms. The predicted octanol–water partition coefficient (Wildman–Crippen LogP) is 3.24. The van der Waals surface area contributed by atoms with Gasteiger partial charge in [-0.1, -0.05) is 20.8 Å². The van der Waals surface area contributed by atoms with Crippen LogP contribution in [0.25, 0.3) is 0 Å². The Hall–Kier alpha value is -1.71. The first-order chi connectivity index (χ1) is 9.83. The van der Waals surface area contributed by atoms with Crippen LogP contribution < -0.4 is 9.47 Å². The molecule has 0 aliphatic rings. The highest BCUT2D eigenvalue weighted by Crippen LogP contribution is 2.34. The number of methoxy groups -OCH3 is 1. The fraction of sp³-hybridized carbons (Fsp3) is 0.588. The van der Waals surface area contributed by atoms with Gasteiger partial charge in [-0.2, -0.15) is 0 Å². The number of nitrogens with zero attached hydrogens (tertiary/aromatic N) is 1. The second kappa shape index (κ2) is 7.34. The van der Waals surface area contributed by atoms with E-state index in [1.165, 1.54) is 0 Å². The van der Waals surface area contributed by atoms with Gasteiger partial charge in [-0.3, -0.25) is 4.79 Å². The van der Waals surface area contributed by atoms with Crippen molar-refractivity contribution in [2.75, 3.05) is 26.8 Å². The number of amides is 1. The standard InChI is InChI=1S/C17H27NO3/c1-7-18(8-2)16(19)12-21-15-10-9-13(20-6)11-14(15)17(3,4)5/h9-11H,7-8,12H2,1-6H3. The lowest BCUT2D eigenvalue weighted by Gasteiger charge is -2.24. The van der Waals surface area contributed by atoms with Crippen molar-refractivity contribution in [2.45, 2.75) is 40.0 Å². The molecule has 1 aromatic carbocycles. The minimum atomic E-state index is -0.0812. The van der Waals surface area contributed by atoms with Crippen molar-refractivity contribution in [1.82, 2.24) is 4.90 Å². The van der Waals surface area contributed by atoms with Gasteiger partial charge in [0.15, 0.2) is 6.61 Å². The molecule has 0 aromatic heterocycles. The Morgan fingerprint density at radius 2 is 1.81 bits per heavy atom. The largest absolute Gasteiger partial charge is 0.497 e. The quantitative estimate of drug-likeness (QED) is 0.808. The Kier molecular flexibility index (Phi) is 6.06. The maximum atomic E-state index is 12.0. The molecular formula is C17H27NO3. The normalized spacial score (nSPS) is 11.1. The summed E-state index contributed by atoms with van der Waals surface area (Å²) in [6, 6.07) is 5.69. The molecule has 21 heavy (non-hydrogen) atoms. The summed E-state index contributed by atoms with van der Waals surface area (Å²) in [6.45, 7) is 11.7. The molecule has 4 nitrogen and oxygen atoms in total. The van der Waals surface area contributed by atoms with Crippen molar-refractivity contribution in [3.63, 3.8) is 0 Å². The van der Waals surface area contributed by atoms with Gasteiger partial charge in [-0.05, 0) is 37.5 Å². The van der Waals surface area contributed by atoms with Crippen LogP contribution in [0.3, 0.4) is 0 Å². The van der Waals surface area contributed by atoms with Gasteiger partial charge in [0, 0.05) is 18.7 Å². The minimum absolute atomic E-state index is 0.00989. The highest BCUT2D eigenvalue weighted by molar-refractivity contribution is 5.77. The van der Waals surface area contributed by atoms with E-state index < -0.39 is 0 Å². The van der Waals surface area contributed by atoms with E-state index in [0.717, 1.165) is 17.1 Å². The molecule has 0 radical (unpaired) electrons. The van der Waals surface area contributed by atoms with Gasteiger partial charge in [0.1, 0.15) is 11.5 Å². The van der Waals surface area contributed by atoms with Crippen molar-refractivity contribution in [3.05, 3.63) is 23.8 Å². The maximum Gasteiger partial charge on any atom is 0.260 e. The zero-order valence-electron chi connectivity index (χ0n) is 14.0. The fourth-order valence-electron chi connectivity index (χ4n) is 2.16. The molecule has 118 valence electrons. The summed E-state index contributed by atoms with van der Waals surface area (Å²) in [5.41, 5.74) is 0.955. The van der Waals surface area contributed by atoms with E-state index in [9.17, 15) is 4.79 Å². The van der Waals surface area contributed by atoms with Gasteiger partial charge >= 0.3 is 0 Å². The van der Waals surface area contributed by atoms with Crippen LogP contribution in [0.15, 0.2) is 18.2 Å². The van der Waals surface area contributed by atoms with Crippen LogP contribution in [-0.4, -0.2) is 37.6 Å². The number of carbonyl (C=O) groups is 1. The van der Waals surface area contributed by atoms with Crippen molar-refractivity contribution < 1.29 is 14.3 Å². The topological polar surface area (TPSA) is 38.8 Å². The minimum Gasteiger partial charge on any atom is -0.497 e. The first-order valence-corrected chi connectivity index (χ1v) is 7.42. The third kappa shape index (κ3) is 4.66. The SMILES string of the molecule is CCN(CC)C(=O)COc1ccc(OC)cc1C(C)(C)C. The van der Waals surface area contributed by atoms with Gasteiger partial charge in [0.05, 0.1) is 7.11 Å². The van der Waals surface area contributed by atoms with E-state index in [1.807, 2.05) is 32.0 Å². The lowest BCUT2D eigenvalue weighted by molar-refractivity contribution is -0.133. The van der Waals surface area contributed by atoms with E-state index in [-0.39, 0.29) is 17.9 Å². The van der Waals surface area contributed by atoms with Gasteiger partial charge in [0.25, 0.3) is 5.91 Å². The monoisotopic (exact) mass is 293 g/mol.